The average molecular weight is 398 g/mol. The summed E-state index contributed by atoms with van der Waals surface area (Å²) in [5.74, 6) is 1.07. The number of rotatable bonds is 7. The number of anilines is 2. The van der Waals surface area contributed by atoms with Crippen molar-refractivity contribution in [3.8, 4) is 11.4 Å². The summed E-state index contributed by atoms with van der Waals surface area (Å²) in [7, 11) is 0. The Bertz CT molecular complexity index is 1000. The summed E-state index contributed by atoms with van der Waals surface area (Å²) < 4.78 is 0. The molecular formula is C24H22N4O2. The minimum Gasteiger partial charge on any atom is -0.369 e. The second-order valence-electron chi connectivity index (χ2n) is 6.73. The Kier molecular flexibility index (Phi) is 5.98. The molecule has 0 saturated heterocycles. The van der Waals surface area contributed by atoms with Crippen LogP contribution in [-0.4, -0.2) is 20.2 Å². The van der Waals surface area contributed by atoms with Crippen molar-refractivity contribution in [3.05, 3.63) is 108 Å². The number of nitrogens with one attached hydrogen (secondary N) is 2. The molecule has 0 saturated carbocycles. The van der Waals surface area contributed by atoms with Crippen molar-refractivity contribution in [1.29, 1.82) is 0 Å². The maximum atomic E-state index is 10.4. The van der Waals surface area contributed by atoms with Crippen molar-refractivity contribution in [1.82, 2.24) is 9.97 Å². The molecule has 0 aliphatic carbocycles. The van der Waals surface area contributed by atoms with E-state index in [0.717, 1.165) is 11.1 Å². The monoisotopic (exact) mass is 398 g/mol. The fourth-order valence-electron chi connectivity index (χ4n) is 3.03. The fourth-order valence-corrected chi connectivity index (χ4v) is 3.03. The number of hydrogen-bond acceptors (Lipinski definition) is 6. The third kappa shape index (κ3) is 4.81. The molecule has 0 spiro atoms. The van der Waals surface area contributed by atoms with Gasteiger partial charge in [0.2, 0.25) is 0 Å². The molecule has 2 aromatic heterocycles. The molecule has 2 atom stereocenters. The molecule has 0 radical (unpaired) electrons. The van der Waals surface area contributed by atoms with Gasteiger partial charge in [-0.2, -0.15) is 0 Å². The number of aromatic nitrogens is 2. The molecule has 2 aromatic carbocycles. The lowest BCUT2D eigenvalue weighted by Crippen LogP contribution is -2.11. The molecule has 30 heavy (non-hydrogen) atoms. The van der Waals surface area contributed by atoms with Crippen molar-refractivity contribution in [2.75, 3.05) is 10.6 Å². The molecular weight excluding hydrogens is 376 g/mol. The first-order valence-electron chi connectivity index (χ1n) is 9.62. The highest BCUT2D eigenvalue weighted by molar-refractivity contribution is 5.59. The molecule has 4 rings (SSSR count). The third-order valence-electron chi connectivity index (χ3n) is 4.56. The number of hydrogen-bond donors (Lipinski definition) is 4. The van der Waals surface area contributed by atoms with Crippen molar-refractivity contribution in [2.24, 2.45) is 0 Å². The standard InChI is InChI=1S/C24H22N4O2/c29-23(17-9-3-1-4-10-17)27-21-15-7-13-19(25-21)20-14-8-16-22(26-20)28-24(30)18-11-5-2-6-12-18/h1-16,23-24,29-30H,(H,25,27)(H,26,28). The molecule has 2 heterocycles. The average Bonchev–Trinajstić information content (AvgIpc) is 2.80. The molecule has 150 valence electrons. The van der Waals surface area contributed by atoms with E-state index >= 15 is 0 Å². The first-order valence-corrected chi connectivity index (χ1v) is 9.62. The number of nitrogens with zero attached hydrogens (tertiary/aromatic N) is 2. The number of pyridine rings is 2. The molecule has 0 bridgehead atoms. The number of aliphatic hydroxyl groups excluding tert-OH is 2. The van der Waals surface area contributed by atoms with Crippen LogP contribution in [0, 0.1) is 0 Å². The summed E-state index contributed by atoms with van der Waals surface area (Å²) in [4.78, 5) is 9.13. The van der Waals surface area contributed by atoms with Gasteiger partial charge in [0.25, 0.3) is 0 Å². The molecule has 6 heteroatoms. The lowest BCUT2D eigenvalue weighted by atomic mass is 10.2. The van der Waals surface area contributed by atoms with Gasteiger partial charge >= 0.3 is 0 Å². The summed E-state index contributed by atoms with van der Waals surface area (Å²) in [5.41, 5.74) is 2.81. The van der Waals surface area contributed by atoms with Crippen molar-refractivity contribution < 1.29 is 10.2 Å². The summed E-state index contributed by atoms with van der Waals surface area (Å²) >= 11 is 0. The quantitative estimate of drug-likeness (QED) is 0.346. The minimum atomic E-state index is -0.865. The van der Waals surface area contributed by atoms with Crippen LogP contribution in [0.3, 0.4) is 0 Å². The van der Waals surface area contributed by atoms with Crippen molar-refractivity contribution in [2.45, 2.75) is 12.5 Å². The zero-order valence-electron chi connectivity index (χ0n) is 16.2. The molecule has 0 aliphatic rings. The van der Waals surface area contributed by atoms with Gasteiger partial charge in [-0.05, 0) is 24.3 Å². The van der Waals surface area contributed by atoms with Crippen molar-refractivity contribution in [3.63, 3.8) is 0 Å². The number of aliphatic hydroxyl groups is 2. The predicted molar refractivity (Wildman–Crippen MR) is 118 cm³/mol. The van der Waals surface area contributed by atoms with Gasteiger partial charge in [-0.15, -0.1) is 0 Å². The summed E-state index contributed by atoms with van der Waals surface area (Å²) in [5, 5.41) is 26.8. The van der Waals surface area contributed by atoms with Gasteiger partial charge in [0, 0.05) is 11.1 Å². The van der Waals surface area contributed by atoms with Crippen LogP contribution in [0.4, 0.5) is 11.6 Å². The Morgan fingerprint density at radius 1 is 0.500 bits per heavy atom. The second kappa shape index (κ2) is 9.17. The molecule has 0 amide bonds. The Morgan fingerprint density at radius 2 is 0.900 bits per heavy atom. The predicted octanol–water partition coefficient (Wildman–Crippen LogP) is 4.35. The molecule has 6 nitrogen and oxygen atoms in total. The van der Waals surface area contributed by atoms with Gasteiger partial charge in [-0.25, -0.2) is 9.97 Å². The largest absolute Gasteiger partial charge is 0.369 e. The van der Waals surface area contributed by atoms with Crippen LogP contribution in [0.25, 0.3) is 11.4 Å². The van der Waals surface area contributed by atoms with E-state index in [1.807, 2.05) is 84.9 Å². The highest BCUT2D eigenvalue weighted by Gasteiger charge is 2.11. The van der Waals surface area contributed by atoms with Gasteiger partial charge in [0.1, 0.15) is 11.6 Å². The van der Waals surface area contributed by atoms with Crippen LogP contribution < -0.4 is 10.6 Å². The van der Waals surface area contributed by atoms with E-state index in [1.165, 1.54) is 0 Å². The second-order valence-corrected chi connectivity index (χ2v) is 6.73. The zero-order chi connectivity index (χ0) is 20.8. The van der Waals surface area contributed by atoms with E-state index in [0.29, 0.717) is 23.0 Å². The molecule has 2 unspecified atom stereocenters. The summed E-state index contributed by atoms with van der Waals surface area (Å²) in [6.07, 6.45) is -1.73. The minimum absolute atomic E-state index is 0.535. The molecule has 4 N–H and O–H groups in total. The first-order chi connectivity index (χ1) is 14.7. The van der Waals surface area contributed by atoms with E-state index < -0.39 is 12.5 Å². The van der Waals surface area contributed by atoms with Gasteiger partial charge in [0.05, 0.1) is 11.4 Å². The van der Waals surface area contributed by atoms with Crippen LogP contribution >= 0.6 is 0 Å². The topological polar surface area (TPSA) is 90.3 Å². The maximum absolute atomic E-state index is 10.4. The number of benzene rings is 2. The van der Waals surface area contributed by atoms with E-state index in [1.54, 1.807) is 12.1 Å². The molecule has 4 aromatic rings. The first kappa shape index (κ1) is 19.6. The van der Waals surface area contributed by atoms with E-state index in [-0.39, 0.29) is 0 Å². The SMILES string of the molecule is OC(Nc1cccc(-c2cccc(NC(O)c3ccccc3)n2)n1)c1ccccc1. The van der Waals surface area contributed by atoms with Crippen LogP contribution in [0.1, 0.15) is 23.6 Å². The molecule has 0 aliphatic heterocycles. The Hall–Kier alpha value is -3.74. The zero-order valence-corrected chi connectivity index (χ0v) is 16.2. The Balaban J connectivity index is 1.50. The van der Waals surface area contributed by atoms with Crippen LogP contribution in [0.15, 0.2) is 97.1 Å². The van der Waals surface area contributed by atoms with Crippen LogP contribution in [0.5, 0.6) is 0 Å². The van der Waals surface area contributed by atoms with E-state index in [4.69, 9.17) is 0 Å². The van der Waals surface area contributed by atoms with Gasteiger partial charge in [-0.1, -0.05) is 72.8 Å². The van der Waals surface area contributed by atoms with Crippen LogP contribution in [0.2, 0.25) is 0 Å². The van der Waals surface area contributed by atoms with Gasteiger partial charge in [0.15, 0.2) is 12.5 Å². The normalized spacial score (nSPS) is 12.7. The fraction of sp³-hybridized carbons (Fsp3) is 0.0833. The Labute approximate surface area is 174 Å². The maximum Gasteiger partial charge on any atom is 0.151 e. The van der Waals surface area contributed by atoms with Crippen molar-refractivity contribution >= 4 is 11.6 Å². The van der Waals surface area contributed by atoms with E-state index in [2.05, 4.69) is 20.6 Å². The highest BCUT2D eigenvalue weighted by atomic mass is 16.3. The smallest absolute Gasteiger partial charge is 0.151 e. The Morgan fingerprint density at radius 3 is 1.30 bits per heavy atom. The lowest BCUT2D eigenvalue weighted by molar-refractivity contribution is 0.207. The molecule has 0 fully saturated rings. The summed E-state index contributed by atoms with van der Waals surface area (Å²) in [6, 6.07) is 29.6. The highest BCUT2D eigenvalue weighted by Crippen LogP contribution is 2.22. The lowest BCUT2D eigenvalue weighted by Gasteiger charge is -2.15. The van der Waals surface area contributed by atoms with Gasteiger partial charge in [-0.3, -0.25) is 0 Å². The summed E-state index contributed by atoms with van der Waals surface area (Å²) in [6.45, 7) is 0. The van der Waals surface area contributed by atoms with Gasteiger partial charge < -0.3 is 20.8 Å². The van der Waals surface area contributed by atoms with Crippen LogP contribution in [-0.2, 0) is 0 Å². The van der Waals surface area contributed by atoms with E-state index in [9.17, 15) is 10.2 Å². The third-order valence-corrected chi connectivity index (χ3v) is 4.56.